The molecule has 0 atom stereocenters. The lowest BCUT2D eigenvalue weighted by Gasteiger charge is -1.87. The van der Waals surface area contributed by atoms with E-state index in [0.29, 0.717) is 0 Å². The summed E-state index contributed by atoms with van der Waals surface area (Å²) >= 11 is 0. The Labute approximate surface area is 87.0 Å². The zero-order valence-electron chi connectivity index (χ0n) is 8.60. The van der Waals surface area contributed by atoms with Gasteiger partial charge in [0.25, 0.3) is 0 Å². The number of rotatable bonds is 0. The van der Waals surface area contributed by atoms with Crippen LogP contribution in [-0.2, 0) is 0 Å². The summed E-state index contributed by atoms with van der Waals surface area (Å²) in [5.41, 5.74) is 0. The van der Waals surface area contributed by atoms with E-state index >= 15 is 0 Å². The lowest BCUT2D eigenvalue weighted by atomic mass is 10.2. The topological polar surface area (TPSA) is 0 Å². The van der Waals surface area contributed by atoms with Crippen molar-refractivity contribution in [2.45, 2.75) is 25.7 Å². The van der Waals surface area contributed by atoms with Gasteiger partial charge in [0.05, 0.1) is 0 Å². The van der Waals surface area contributed by atoms with Crippen LogP contribution >= 0.6 is 0 Å². The molecule has 0 amide bonds. The van der Waals surface area contributed by atoms with Gasteiger partial charge in [-0.25, -0.2) is 0 Å². The van der Waals surface area contributed by atoms with Crippen molar-refractivity contribution in [2.75, 3.05) is 0 Å². The standard InChI is InChI=1S/C14H18/c1-2-4-6-8-10-12-14-13-11-9-7-5-3-1/h1-6,9,11-12,14H,7-8,10,13H2/b2-1-,5-3-,6-4-,11-9-,14-12-. The van der Waals surface area contributed by atoms with E-state index < -0.39 is 0 Å². The van der Waals surface area contributed by atoms with Crippen LogP contribution in [0.5, 0.6) is 0 Å². The van der Waals surface area contributed by atoms with Gasteiger partial charge < -0.3 is 0 Å². The van der Waals surface area contributed by atoms with Crippen LogP contribution in [0.4, 0.5) is 0 Å². The van der Waals surface area contributed by atoms with E-state index in [0.717, 1.165) is 25.7 Å². The molecule has 0 aromatic heterocycles. The molecule has 0 aromatic rings. The summed E-state index contributed by atoms with van der Waals surface area (Å²) < 4.78 is 0. The zero-order valence-corrected chi connectivity index (χ0v) is 8.60. The summed E-state index contributed by atoms with van der Waals surface area (Å²) in [5, 5.41) is 0. The zero-order chi connectivity index (χ0) is 9.90. The Morgan fingerprint density at radius 3 is 1.86 bits per heavy atom. The minimum Gasteiger partial charge on any atom is -0.0879 e. The molecular weight excluding hydrogens is 168 g/mol. The second kappa shape index (κ2) is 8.31. The summed E-state index contributed by atoms with van der Waals surface area (Å²) in [5.74, 6) is 0. The fraction of sp³-hybridized carbons (Fsp3) is 0.286. The molecule has 0 fully saturated rings. The highest BCUT2D eigenvalue weighted by molar-refractivity contribution is 5.12. The van der Waals surface area contributed by atoms with E-state index in [1.807, 2.05) is 0 Å². The lowest BCUT2D eigenvalue weighted by Crippen LogP contribution is -1.66. The maximum absolute atomic E-state index is 2.25. The largest absolute Gasteiger partial charge is 0.0879 e. The quantitative estimate of drug-likeness (QED) is 0.494. The van der Waals surface area contributed by atoms with Gasteiger partial charge in [0, 0.05) is 0 Å². The summed E-state index contributed by atoms with van der Waals surface area (Å²) in [7, 11) is 0. The summed E-state index contributed by atoms with van der Waals surface area (Å²) in [6.45, 7) is 0. The molecule has 0 bridgehead atoms. The van der Waals surface area contributed by atoms with Crippen molar-refractivity contribution in [3.63, 3.8) is 0 Å². The van der Waals surface area contributed by atoms with Crippen molar-refractivity contribution in [1.82, 2.24) is 0 Å². The fourth-order valence-electron chi connectivity index (χ4n) is 1.22. The van der Waals surface area contributed by atoms with Gasteiger partial charge in [-0.05, 0) is 25.7 Å². The first-order valence-electron chi connectivity index (χ1n) is 5.28. The van der Waals surface area contributed by atoms with Gasteiger partial charge in [-0.1, -0.05) is 60.8 Å². The Kier molecular flexibility index (Phi) is 6.39. The lowest BCUT2D eigenvalue weighted by molar-refractivity contribution is 1.04. The number of hydrogen-bond acceptors (Lipinski definition) is 0. The average Bonchev–Trinajstić information content (AvgIpc) is 2.22. The Hall–Kier alpha value is -1.30. The Morgan fingerprint density at radius 1 is 0.429 bits per heavy atom. The molecule has 74 valence electrons. The van der Waals surface area contributed by atoms with Crippen LogP contribution in [0.3, 0.4) is 0 Å². The third-order valence-electron chi connectivity index (χ3n) is 1.98. The molecule has 0 spiro atoms. The van der Waals surface area contributed by atoms with E-state index in [9.17, 15) is 0 Å². The minimum atomic E-state index is 1.03. The second-order valence-corrected chi connectivity index (χ2v) is 3.23. The van der Waals surface area contributed by atoms with Crippen LogP contribution < -0.4 is 0 Å². The van der Waals surface area contributed by atoms with Crippen molar-refractivity contribution < 1.29 is 0 Å². The molecule has 0 N–H and O–H groups in total. The van der Waals surface area contributed by atoms with Crippen LogP contribution in [0, 0.1) is 0 Å². The third kappa shape index (κ3) is 6.24. The molecule has 0 unspecified atom stereocenters. The van der Waals surface area contributed by atoms with Gasteiger partial charge >= 0.3 is 0 Å². The predicted octanol–water partition coefficient (Wildman–Crippen LogP) is 4.34. The van der Waals surface area contributed by atoms with Crippen LogP contribution in [0.15, 0.2) is 60.8 Å². The molecule has 1 rings (SSSR count). The van der Waals surface area contributed by atoms with Crippen LogP contribution in [0.1, 0.15) is 25.7 Å². The van der Waals surface area contributed by atoms with Crippen molar-refractivity contribution >= 4 is 0 Å². The Bertz CT molecular complexity index is 262. The van der Waals surface area contributed by atoms with E-state index in [-0.39, 0.29) is 0 Å². The van der Waals surface area contributed by atoms with E-state index in [1.165, 1.54) is 0 Å². The first kappa shape index (κ1) is 10.8. The summed E-state index contributed by atoms with van der Waals surface area (Å²) in [6, 6.07) is 0. The van der Waals surface area contributed by atoms with Crippen LogP contribution in [0.2, 0.25) is 0 Å². The maximum atomic E-state index is 2.25. The maximum Gasteiger partial charge on any atom is -0.0166 e. The molecule has 0 aliphatic heterocycles. The van der Waals surface area contributed by atoms with E-state index in [2.05, 4.69) is 60.8 Å². The van der Waals surface area contributed by atoms with E-state index in [4.69, 9.17) is 0 Å². The van der Waals surface area contributed by atoms with Crippen molar-refractivity contribution in [3.8, 4) is 0 Å². The highest BCUT2D eigenvalue weighted by atomic mass is 13.8. The van der Waals surface area contributed by atoms with Gasteiger partial charge in [-0.2, -0.15) is 0 Å². The number of hydrogen-bond donors (Lipinski definition) is 0. The predicted molar refractivity (Wildman–Crippen MR) is 64.2 cm³/mol. The summed E-state index contributed by atoms with van der Waals surface area (Å²) in [4.78, 5) is 0. The van der Waals surface area contributed by atoms with Crippen LogP contribution in [-0.4, -0.2) is 0 Å². The Morgan fingerprint density at radius 2 is 1.00 bits per heavy atom. The van der Waals surface area contributed by atoms with E-state index in [1.54, 1.807) is 0 Å². The highest BCUT2D eigenvalue weighted by Crippen LogP contribution is 1.97. The smallest absolute Gasteiger partial charge is 0.0166 e. The average molecular weight is 186 g/mol. The SMILES string of the molecule is C1=C\C=C/CC/C=C\C/C=C\C\C=C/1. The first-order valence-corrected chi connectivity index (χ1v) is 5.28. The number of allylic oxidation sites excluding steroid dienone is 10. The second-order valence-electron chi connectivity index (χ2n) is 3.23. The first-order chi connectivity index (χ1) is 7.00. The molecule has 0 heteroatoms. The molecule has 14 heavy (non-hydrogen) atoms. The molecule has 1 aliphatic carbocycles. The molecule has 1 aliphatic rings. The molecule has 0 nitrogen and oxygen atoms in total. The van der Waals surface area contributed by atoms with Crippen molar-refractivity contribution in [1.29, 1.82) is 0 Å². The van der Waals surface area contributed by atoms with Crippen molar-refractivity contribution in [3.05, 3.63) is 60.8 Å². The normalized spacial score (nSPS) is 29.7. The Balaban J connectivity index is 2.45. The summed E-state index contributed by atoms with van der Waals surface area (Å²) in [6.07, 6.45) is 26.0. The van der Waals surface area contributed by atoms with Crippen LogP contribution in [0.25, 0.3) is 0 Å². The third-order valence-corrected chi connectivity index (χ3v) is 1.98. The molecule has 0 saturated carbocycles. The van der Waals surface area contributed by atoms with Gasteiger partial charge in [0.2, 0.25) is 0 Å². The van der Waals surface area contributed by atoms with Crippen molar-refractivity contribution in [2.24, 2.45) is 0 Å². The molecule has 0 saturated heterocycles. The highest BCUT2D eigenvalue weighted by Gasteiger charge is 1.77. The fourth-order valence-corrected chi connectivity index (χ4v) is 1.22. The monoisotopic (exact) mass is 186 g/mol. The minimum absolute atomic E-state index is 1.03. The van der Waals surface area contributed by atoms with Gasteiger partial charge in [-0.3, -0.25) is 0 Å². The molecule has 0 heterocycles. The molecule has 0 radical (unpaired) electrons. The van der Waals surface area contributed by atoms with Gasteiger partial charge in [-0.15, -0.1) is 0 Å². The van der Waals surface area contributed by atoms with Gasteiger partial charge in [0.1, 0.15) is 0 Å². The van der Waals surface area contributed by atoms with Gasteiger partial charge in [0.15, 0.2) is 0 Å². The molecule has 0 aromatic carbocycles. The molecular formula is C14H18.